The van der Waals surface area contributed by atoms with E-state index in [2.05, 4.69) is 11.6 Å². The van der Waals surface area contributed by atoms with Gasteiger partial charge in [0, 0.05) is 0 Å². The van der Waals surface area contributed by atoms with Gasteiger partial charge in [-0.3, -0.25) is 4.98 Å². The third-order valence-electron chi connectivity index (χ3n) is 1.01. The molecular weight excluding hydrogens is 153 g/mol. The molecule has 0 unspecified atom stereocenters. The van der Waals surface area contributed by atoms with Crippen LogP contribution in [0.4, 0.5) is 4.39 Å². The van der Waals surface area contributed by atoms with Crippen molar-refractivity contribution in [3.63, 3.8) is 0 Å². The molecule has 10 heavy (non-hydrogen) atoms. The third kappa shape index (κ3) is 1.54. The second-order valence-corrected chi connectivity index (χ2v) is 2.22. The van der Waals surface area contributed by atoms with Crippen molar-refractivity contribution < 1.29 is 4.39 Å². The lowest BCUT2D eigenvalue weighted by molar-refractivity contribution is 0.621. The molecule has 3 heteroatoms. The molecule has 0 aliphatic rings. The number of halogens is 2. The highest BCUT2D eigenvalue weighted by atomic mass is 35.5. The summed E-state index contributed by atoms with van der Waals surface area (Å²) in [5.41, 5.74) is 0.503. The Labute approximate surface area is 63.2 Å². The van der Waals surface area contributed by atoms with E-state index >= 15 is 0 Å². The minimum Gasteiger partial charge on any atom is -0.252 e. The van der Waals surface area contributed by atoms with E-state index < -0.39 is 0 Å². The lowest BCUT2D eigenvalue weighted by Gasteiger charge is -1.93. The van der Waals surface area contributed by atoms with Gasteiger partial charge in [-0.2, -0.15) is 0 Å². The summed E-state index contributed by atoms with van der Waals surface area (Å²) in [6, 6.07) is 2.76. The van der Waals surface area contributed by atoms with E-state index in [1.54, 1.807) is 0 Å². The Hall–Kier alpha value is -0.890. The minimum atomic E-state index is -0.373. The normalized spacial score (nSPS) is 9.40. The predicted octanol–water partition coefficient (Wildman–Crippen LogP) is 2.43. The number of hydrogen-bond donors (Lipinski definition) is 0. The van der Waals surface area contributed by atoms with E-state index in [-0.39, 0.29) is 5.82 Å². The Balaban J connectivity index is 3.00. The number of pyridine rings is 1. The SMILES string of the molecule is C=C(Cl)c1ccc(F)cn1. The standard InChI is InChI=1S/C7H5ClFN/c1-5(8)7-3-2-6(9)4-10-7/h2-4H,1H2. The molecule has 0 fully saturated rings. The lowest BCUT2D eigenvalue weighted by atomic mass is 10.3. The molecule has 1 aromatic heterocycles. The molecule has 0 aliphatic carbocycles. The number of rotatable bonds is 1. The van der Waals surface area contributed by atoms with Crippen molar-refractivity contribution in [3.8, 4) is 0 Å². The molecule has 0 spiro atoms. The van der Waals surface area contributed by atoms with Crippen LogP contribution in [0.5, 0.6) is 0 Å². The fourth-order valence-electron chi connectivity index (χ4n) is 0.536. The topological polar surface area (TPSA) is 12.9 Å². The van der Waals surface area contributed by atoms with Gasteiger partial charge in [0.05, 0.1) is 16.9 Å². The number of aromatic nitrogens is 1. The Morgan fingerprint density at radius 3 is 2.70 bits per heavy atom. The molecule has 0 saturated carbocycles. The highest BCUT2D eigenvalue weighted by Gasteiger charge is 1.95. The van der Waals surface area contributed by atoms with Crippen LogP contribution in [0.2, 0.25) is 0 Å². The molecule has 1 rings (SSSR count). The van der Waals surface area contributed by atoms with Gasteiger partial charge in [0.2, 0.25) is 0 Å². The summed E-state index contributed by atoms with van der Waals surface area (Å²) in [6.07, 6.45) is 1.10. The summed E-state index contributed by atoms with van der Waals surface area (Å²) in [5, 5.41) is 0.319. The zero-order chi connectivity index (χ0) is 7.56. The van der Waals surface area contributed by atoms with Gasteiger partial charge in [0.15, 0.2) is 0 Å². The Morgan fingerprint density at radius 2 is 2.30 bits per heavy atom. The van der Waals surface area contributed by atoms with Gasteiger partial charge in [0.25, 0.3) is 0 Å². The van der Waals surface area contributed by atoms with Crippen molar-refractivity contribution in [3.05, 3.63) is 36.4 Å². The molecular formula is C7H5ClFN. The van der Waals surface area contributed by atoms with E-state index in [0.717, 1.165) is 6.20 Å². The quantitative estimate of drug-likeness (QED) is 0.610. The average molecular weight is 158 g/mol. The number of nitrogens with zero attached hydrogens (tertiary/aromatic N) is 1. The summed E-state index contributed by atoms with van der Waals surface area (Å²) >= 11 is 5.48. The van der Waals surface area contributed by atoms with Gasteiger partial charge >= 0.3 is 0 Å². The molecule has 0 amide bonds. The van der Waals surface area contributed by atoms with E-state index in [9.17, 15) is 4.39 Å². The van der Waals surface area contributed by atoms with Gasteiger partial charge in [-0.15, -0.1) is 0 Å². The van der Waals surface area contributed by atoms with Crippen LogP contribution in [0.1, 0.15) is 5.69 Å². The Bertz CT molecular complexity index is 242. The summed E-state index contributed by atoms with van der Waals surface area (Å²) in [5.74, 6) is -0.373. The largest absolute Gasteiger partial charge is 0.252 e. The van der Waals surface area contributed by atoms with Gasteiger partial charge in [-0.05, 0) is 12.1 Å². The maximum absolute atomic E-state index is 12.2. The predicted molar refractivity (Wildman–Crippen MR) is 39.1 cm³/mol. The third-order valence-corrected chi connectivity index (χ3v) is 1.20. The molecule has 52 valence electrons. The van der Waals surface area contributed by atoms with Gasteiger partial charge in [-0.25, -0.2) is 4.39 Å². The summed E-state index contributed by atoms with van der Waals surface area (Å²) in [4.78, 5) is 3.67. The minimum absolute atomic E-state index is 0.319. The van der Waals surface area contributed by atoms with Crippen molar-refractivity contribution in [2.24, 2.45) is 0 Å². The van der Waals surface area contributed by atoms with Crippen LogP contribution in [0.25, 0.3) is 5.03 Å². The molecule has 0 atom stereocenters. The molecule has 1 nitrogen and oxygen atoms in total. The highest BCUT2D eigenvalue weighted by Crippen LogP contribution is 2.12. The highest BCUT2D eigenvalue weighted by molar-refractivity contribution is 6.47. The van der Waals surface area contributed by atoms with Crippen molar-refractivity contribution >= 4 is 16.6 Å². The Kier molecular flexibility index (Phi) is 2.02. The molecule has 1 heterocycles. The van der Waals surface area contributed by atoms with Crippen molar-refractivity contribution in [1.82, 2.24) is 4.98 Å². The monoisotopic (exact) mass is 157 g/mol. The van der Waals surface area contributed by atoms with Gasteiger partial charge in [-0.1, -0.05) is 18.2 Å². The molecule has 0 bridgehead atoms. The second-order valence-electron chi connectivity index (χ2n) is 1.77. The molecule has 1 aromatic rings. The van der Waals surface area contributed by atoms with Crippen molar-refractivity contribution in [2.45, 2.75) is 0 Å². The first-order valence-corrected chi connectivity index (χ1v) is 3.04. The van der Waals surface area contributed by atoms with E-state index in [0.29, 0.717) is 10.7 Å². The fourth-order valence-corrected chi connectivity index (χ4v) is 0.648. The zero-order valence-electron chi connectivity index (χ0n) is 5.14. The van der Waals surface area contributed by atoms with Crippen LogP contribution < -0.4 is 0 Å². The van der Waals surface area contributed by atoms with E-state index in [1.165, 1.54) is 12.1 Å². The van der Waals surface area contributed by atoms with Gasteiger partial charge in [0.1, 0.15) is 5.82 Å². The van der Waals surface area contributed by atoms with Crippen molar-refractivity contribution in [2.75, 3.05) is 0 Å². The van der Waals surface area contributed by atoms with Crippen LogP contribution in [-0.4, -0.2) is 4.98 Å². The molecule has 0 aliphatic heterocycles. The lowest BCUT2D eigenvalue weighted by Crippen LogP contribution is -1.83. The van der Waals surface area contributed by atoms with Gasteiger partial charge < -0.3 is 0 Å². The molecule has 0 N–H and O–H groups in total. The first-order valence-electron chi connectivity index (χ1n) is 2.66. The second kappa shape index (κ2) is 2.80. The van der Waals surface area contributed by atoms with Crippen LogP contribution in [-0.2, 0) is 0 Å². The average Bonchev–Trinajstić information content (AvgIpc) is 1.88. The van der Waals surface area contributed by atoms with Crippen LogP contribution in [0.3, 0.4) is 0 Å². The summed E-state index contributed by atoms with van der Waals surface area (Å²) < 4.78 is 12.2. The van der Waals surface area contributed by atoms with Crippen molar-refractivity contribution in [1.29, 1.82) is 0 Å². The van der Waals surface area contributed by atoms with Crippen LogP contribution in [0.15, 0.2) is 24.9 Å². The first kappa shape index (κ1) is 7.22. The summed E-state index contributed by atoms with van der Waals surface area (Å²) in [6.45, 7) is 3.44. The molecule has 0 saturated heterocycles. The van der Waals surface area contributed by atoms with Crippen LogP contribution >= 0.6 is 11.6 Å². The van der Waals surface area contributed by atoms with E-state index in [4.69, 9.17) is 11.6 Å². The summed E-state index contributed by atoms with van der Waals surface area (Å²) in [7, 11) is 0. The Morgan fingerprint density at radius 1 is 1.60 bits per heavy atom. The maximum atomic E-state index is 12.2. The smallest absolute Gasteiger partial charge is 0.141 e. The zero-order valence-corrected chi connectivity index (χ0v) is 5.90. The van der Waals surface area contributed by atoms with E-state index in [1.807, 2.05) is 0 Å². The number of hydrogen-bond acceptors (Lipinski definition) is 1. The maximum Gasteiger partial charge on any atom is 0.141 e. The fraction of sp³-hybridized carbons (Fsp3) is 0. The van der Waals surface area contributed by atoms with Crippen LogP contribution in [0, 0.1) is 5.82 Å². The molecule has 0 radical (unpaired) electrons. The molecule has 0 aromatic carbocycles. The first-order chi connectivity index (χ1) is 4.70.